The molecule has 8 heteroatoms. The number of amides is 3. The molecule has 0 aliphatic heterocycles. The SMILES string of the molecule is COc1ccc(C)cc1NC(=O)CNC(=O)CNc1ccccc1CC(=O)N(C)C. The normalized spacial score (nSPS) is 10.1. The summed E-state index contributed by atoms with van der Waals surface area (Å²) in [7, 11) is 4.92. The molecule has 0 spiro atoms. The fourth-order valence-corrected chi connectivity index (χ4v) is 2.70. The number of rotatable bonds is 9. The summed E-state index contributed by atoms with van der Waals surface area (Å²) >= 11 is 0. The van der Waals surface area contributed by atoms with Crippen molar-refractivity contribution in [2.24, 2.45) is 0 Å². The summed E-state index contributed by atoms with van der Waals surface area (Å²) < 4.78 is 5.23. The molecule has 2 aromatic carbocycles. The Bertz CT molecular complexity index is 912. The predicted octanol–water partition coefficient (Wildman–Crippen LogP) is 1.80. The van der Waals surface area contributed by atoms with Crippen molar-refractivity contribution in [2.45, 2.75) is 13.3 Å². The molecule has 0 aromatic heterocycles. The average molecular weight is 412 g/mol. The van der Waals surface area contributed by atoms with E-state index in [2.05, 4.69) is 16.0 Å². The summed E-state index contributed by atoms with van der Waals surface area (Å²) in [5, 5.41) is 8.33. The van der Waals surface area contributed by atoms with Crippen molar-refractivity contribution in [2.75, 3.05) is 44.9 Å². The van der Waals surface area contributed by atoms with Gasteiger partial charge in [0.05, 0.1) is 32.3 Å². The first-order chi connectivity index (χ1) is 14.3. The molecule has 0 heterocycles. The Hall–Kier alpha value is -3.55. The third-order valence-corrected chi connectivity index (χ3v) is 4.37. The van der Waals surface area contributed by atoms with Gasteiger partial charge in [0.25, 0.3) is 0 Å². The molecule has 0 saturated heterocycles. The molecule has 0 bridgehead atoms. The highest BCUT2D eigenvalue weighted by molar-refractivity contribution is 5.96. The number of benzene rings is 2. The molecule has 3 N–H and O–H groups in total. The van der Waals surface area contributed by atoms with Crippen LogP contribution in [0.3, 0.4) is 0 Å². The van der Waals surface area contributed by atoms with E-state index in [9.17, 15) is 14.4 Å². The minimum atomic E-state index is -0.357. The number of carbonyl (C=O) groups excluding carboxylic acids is 3. The first-order valence-electron chi connectivity index (χ1n) is 9.53. The second-order valence-corrected chi connectivity index (χ2v) is 7.00. The number of nitrogens with zero attached hydrogens (tertiary/aromatic N) is 1. The van der Waals surface area contributed by atoms with Gasteiger partial charge in [0.1, 0.15) is 5.75 Å². The molecule has 3 amide bonds. The molecule has 160 valence electrons. The zero-order chi connectivity index (χ0) is 22.1. The fourth-order valence-electron chi connectivity index (χ4n) is 2.70. The van der Waals surface area contributed by atoms with Crippen LogP contribution in [0.25, 0.3) is 0 Å². The Balaban J connectivity index is 1.85. The quantitative estimate of drug-likeness (QED) is 0.583. The molecule has 0 aliphatic carbocycles. The lowest BCUT2D eigenvalue weighted by molar-refractivity contribution is -0.128. The molecule has 30 heavy (non-hydrogen) atoms. The van der Waals surface area contributed by atoms with Gasteiger partial charge in [0.15, 0.2) is 0 Å². The lowest BCUT2D eigenvalue weighted by Crippen LogP contribution is -2.36. The molecule has 8 nitrogen and oxygen atoms in total. The Morgan fingerprint density at radius 2 is 1.70 bits per heavy atom. The third-order valence-electron chi connectivity index (χ3n) is 4.37. The number of carbonyl (C=O) groups is 3. The zero-order valence-electron chi connectivity index (χ0n) is 17.7. The van der Waals surface area contributed by atoms with Gasteiger partial charge in [0.2, 0.25) is 17.7 Å². The number of para-hydroxylation sites is 1. The molecule has 0 unspecified atom stereocenters. The maximum Gasteiger partial charge on any atom is 0.243 e. The van der Waals surface area contributed by atoms with Gasteiger partial charge in [-0.2, -0.15) is 0 Å². The largest absolute Gasteiger partial charge is 0.495 e. The summed E-state index contributed by atoms with van der Waals surface area (Å²) in [6, 6.07) is 12.8. The standard InChI is InChI=1S/C22H28N4O4/c1-15-9-10-19(30-4)18(11-15)25-21(28)14-24-20(27)13-23-17-8-6-5-7-16(17)12-22(29)26(2)3/h5-11,23H,12-14H2,1-4H3,(H,24,27)(H,25,28). The number of methoxy groups -OCH3 is 1. The van der Waals surface area contributed by atoms with Gasteiger partial charge < -0.3 is 25.6 Å². The van der Waals surface area contributed by atoms with Crippen LogP contribution < -0.4 is 20.7 Å². The molecule has 0 radical (unpaired) electrons. The topological polar surface area (TPSA) is 99.8 Å². The van der Waals surface area contributed by atoms with Crippen LogP contribution in [0.2, 0.25) is 0 Å². The molecular formula is C22H28N4O4. The van der Waals surface area contributed by atoms with Crippen molar-refractivity contribution in [3.05, 3.63) is 53.6 Å². The van der Waals surface area contributed by atoms with Gasteiger partial charge in [-0.15, -0.1) is 0 Å². The van der Waals surface area contributed by atoms with Gasteiger partial charge in [-0.1, -0.05) is 24.3 Å². The Morgan fingerprint density at radius 1 is 0.967 bits per heavy atom. The number of anilines is 2. The first kappa shape index (κ1) is 22.7. The van der Waals surface area contributed by atoms with Crippen LogP contribution >= 0.6 is 0 Å². The summed E-state index contributed by atoms with van der Waals surface area (Å²) in [5.74, 6) is -0.179. The third kappa shape index (κ3) is 6.80. The smallest absolute Gasteiger partial charge is 0.243 e. The van der Waals surface area contributed by atoms with Gasteiger partial charge in [0, 0.05) is 19.8 Å². The highest BCUT2D eigenvalue weighted by atomic mass is 16.5. The maximum atomic E-state index is 12.2. The van der Waals surface area contributed by atoms with E-state index >= 15 is 0 Å². The first-order valence-corrected chi connectivity index (χ1v) is 9.53. The van der Waals surface area contributed by atoms with E-state index in [1.54, 1.807) is 26.2 Å². The van der Waals surface area contributed by atoms with E-state index in [4.69, 9.17) is 4.74 Å². The lowest BCUT2D eigenvalue weighted by Gasteiger charge is -2.14. The summed E-state index contributed by atoms with van der Waals surface area (Å²) in [4.78, 5) is 37.8. The van der Waals surface area contributed by atoms with Crippen molar-refractivity contribution in [1.82, 2.24) is 10.2 Å². The van der Waals surface area contributed by atoms with Crippen LogP contribution in [-0.4, -0.2) is 56.9 Å². The van der Waals surface area contributed by atoms with Crippen molar-refractivity contribution in [3.63, 3.8) is 0 Å². The van der Waals surface area contributed by atoms with Crippen LogP contribution in [0.4, 0.5) is 11.4 Å². The van der Waals surface area contributed by atoms with E-state index in [1.807, 2.05) is 37.3 Å². The van der Waals surface area contributed by atoms with Gasteiger partial charge >= 0.3 is 0 Å². The van der Waals surface area contributed by atoms with E-state index in [0.29, 0.717) is 17.1 Å². The van der Waals surface area contributed by atoms with E-state index in [0.717, 1.165) is 11.1 Å². The van der Waals surface area contributed by atoms with Crippen LogP contribution in [0.15, 0.2) is 42.5 Å². The van der Waals surface area contributed by atoms with E-state index < -0.39 is 0 Å². The minimum absolute atomic E-state index is 0.0196. The van der Waals surface area contributed by atoms with Gasteiger partial charge in [-0.05, 0) is 36.2 Å². The molecule has 0 aliphatic rings. The number of hydrogen-bond acceptors (Lipinski definition) is 5. The number of nitrogens with one attached hydrogen (secondary N) is 3. The van der Waals surface area contributed by atoms with E-state index in [-0.39, 0.29) is 37.2 Å². The molecule has 0 saturated carbocycles. The van der Waals surface area contributed by atoms with Crippen molar-refractivity contribution in [1.29, 1.82) is 0 Å². The van der Waals surface area contributed by atoms with Crippen molar-refractivity contribution >= 4 is 29.1 Å². The van der Waals surface area contributed by atoms with Crippen LogP contribution in [0, 0.1) is 6.92 Å². The van der Waals surface area contributed by atoms with Gasteiger partial charge in [-0.25, -0.2) is 0 Å². The van der Waals surface area contributed by atoms with Crippen LogP contribution in [-0.2, 0) is 20.8 Å². The zero-order valence-corrected chi connectivity index (χ0v) is 17.7. The Kier molecular flexibility index (Phi) is 8.22. The molecule has 0 fully saturated rings. The number of ether oxygens (including phenoxy) is 1. The van der Waals surface area contributed by atoms with Crippen LogP contribution in [0.1, 0.15) is 11.1 Å². The number of likely N-dealkylation sites (N-methyl/N-ethyl adjacent to an activating group) is 1. The van der Waals surface area contributed by atoms with Gasteiger partial charge in [-0.3, -0.25) is 14.4 Å². The maximum absolute atomic E-state index is 12.2. The predicted molar refractivity (Wildman–Crippen MR) is 117 cm³/mol. The average Bonchev–Trinajstić information content (AvgIpc) is 2.71. The highest BCUT2D eigenvalue weighted by Gasteiger charge is 2.12. The Morgan fingerprint density at radius 3 is 2.40 bits per heavy atom. The van der Waals surface area contributed by atoms with Crippen molar-refractivity contribution in [3.8, 4) is 5.75 Å². The molecule has 0 atom stereocenters. The number of hydrogen-bond donors (Lipinski definition) is 3. The van der Waals surface area contributed by atoms with Crippen molar-refractivity contribution < 1.29 is 19.1 Å². The second-order valence-electron chi connectivity index (χ2n) is 7.00. The lowest BCUT2D eigenvalue weighted by atomic mass is 10.1. The summed E-state index contributed by atoms with van der Waals surface area (Å²) in [5.41, 5.74) is 3.03. The highest BCUT2D eigenvalue weighted by Crippen LogP contribution is 2.24. The number of aryl methyl sites for hydroxylation is 1. The van der Waals surface area contributed by atoms with Crippen LogP contribution in [0.5, 0.6) is 5.75 Å². The summed E-state index contributed by atoms with van der Waals surface area (Å²) in [6.45, 7) is 1.72. The molecule has 2 rings (SSSR count). The Labute approximate surface area is 176 Å². The fraction of sp³-hybridized carbons (Fsp3) is 0.318. The molecule has 2 aromatic rings. The second kappa shape index (κ2) is 10.8. The van der Waals surface area contributed by atoms with E-state index in [1.165, 1.54) is 12.0 Å². The summed E-state index contributed by atoms with van der Waals surface area (Å²) in [6.07, 6.45) is 0.235. The monoisotopic (exact) mass is 412 g/mol. The molecular weight excluding hydrogens is 384 g/mol. The minimum Gasteiger partial charge on any atom is -0.495 e.